The van der Waals surface area contributed by atoms with Gasteiger partial charge in [-0.3, -0.25) is 4.90 Å². The van der Waals surface area contributed by atoms with Gasteiger partial charge in [0.15, 0.2) is 9.84 Å². The third kappa shape index (κ3) is 4.66. The Labute approximate surface area is 193 Å². The predicted molar refractivity (Wildman–Crippen MR) is 125 cm³/mol. The summed E-state index contributed by atoms with van der Waals surface area (Å²) in [5, 5.41) is 11.0. The van der Waals surface area contributed by atoms with E-state index in [0.717, 1.165) is 17.4 Å². The first kappa shape index (κ1) is 22.3. The van der Waals surface area contributed by atoms with Gasteiger partial charge in [-0.05, 0) is 34.9 Å². The van der Waals surface area contributed by atoms with E-state index < -0.39 is 20.7 Å². The minimum absolute atomic E-state index is 0.0918. The summed E-state index contributed by atoms with van der Waals surface area (Å²) >= 11 is 12.2. The highest BCUT2D eigenvalue weighted by Gasteiger charge is 2.54. The Kier molecular flexibility index (Phi) is 6.16. The zero-order valence-electron chi connectivity index (χ0n) is 16.9. The number of likely N-dealkylation sites (tertiary alicyclic amines) is 1. The molecule has 162 valence electrons. The van der Waals surface area contributed by atoms with Crippen LogP contribution >= 0.6 is 23.2 Å². The molecular weight excluding hydrogens is 453 g/mol. The van der Waals surface area contributed by atoms with Crippen molar-refractivity contribution < 1.29 is 13.5 Å². The lowest BCUT2D eigenvalue weighted by molar-refractivity contribution is -0.112. The summed E-state index contributed by atoms with van der Waals surface area (Å²) in [6.07, 6.45) is 1.14. The second kappa shape index (κ2) is 8.57. The van der Waals surface area contributed by atoms with E-state index in [1.807, 2.05) is 60.7 Å². The minimum Gasteiger partial charge on any atom is -0.385 e. The van der Waals surface area contributed by atoms with Crippen molar-refractivity contribution in [3.63, 3.8) is 0 Å². The Morgan fingerprint density at radius 3 is 1.71 bits per heavy atom. The number of aliphatic hydroxyl groups is 1. The van der Waals surface area contributed by atoms with Gasteiger partial charge < -0.3 is 5.11 Å². The molecule has 0 bridgehead atoms. The highest BCUT2D eigenvalue weighted by Crippen LogP contribution is 2.45. The first-order valence-electron chi connectivity index (χ1n) is 9.88. The van der Waals surface area contributed by atoms with Crippen LogP contribution in [0.2, 0.25) is 10.0 Å². The molecule has 0 aliphatic carbocycles. The third-order valence-corrected chi connectivity index (χ3v) is 7.66. The predicted octanol–water partition coefficient (Wildman–Crippen LogP) is 4.92. The van der Waals surface area contributed by atoms with Gasteiger partial charge in [-0.25, -0.2) is 8.42 Å². The Morgan fingerprint density at radius 1 is 0.839 bits per heavy atom. The fourth-order valence-corrected chi connectivity index (χ4v) is 6.69. The zero-order valence-corrected chi connectivity index (χ0v) is 19.3. The quantitative estimate of drug-likeness (QED) is 0.549. The fraction of sp³-hybridized carbons (Fsp3) is 0.250. The average Bonchev–Trinajstić information content (AvgIpc) is 2.67. The summed E-state index contributed by atoms with van der Waals surface area (Å²) in [5.74, 6) is 0. The molecule has 1 aliphatic heterocycles. The number of β-amino-alcohol motifs (C(OH)–C–C–N with tert-alkyl or cyclic N) is 1. The van der Waals surface area contributed by atoms with Crippen molar-refractivity contribution in [1.29, 1.82) is 0 Å². The lowest BCUT2D eigenvalue weighted by Gasteiger charge is -2.53. The Hall–Kier alpha value is -1.89. The minimum atomic E-state index is -3.64. The molecule has 1 unspecified atom stereocenters. The second-order valence-corrected chi connectivity index (χ2v) is 11.1. The highest BCUT2D eigenvalue weighted by molar-refractivity contribution is 7.91. The van der Waals surface area contributed by atoms with E-state index in [1.165, 1.54) is 0 Å². The van der Waals surface area contributed by atoms with Crippen molar-refractivity contribution in [3.8, 4) is 0 Å². The van der Waals surface area contributed by atoms with Crippen LogP contribution in [0, 0.1) is 0 Å². The number of sulfone groups is 1. The van der Waals surface area contributed by atoms with Crippen LogP contribution in [0.1, 0.15) is 28.0 Å². The van der Waals surface area contributed by atoms with Gasteiger partial charge in [0.2, 0.25) is 0 Å². The normalized spacial score (nSPS) is 17.3. The molecule has 0 radical (unpaired) electrons. The van der Waals surface area contributed by atoms with Gasteiger partial charge in [0.1, 0.15) is 10.9 Å². The Morgan fingerprint density at radius 2 is 1.29 bits per heavy atom. The van der Waals surface area contributed by atoms with Crippen LogP contribution in [0.5, 0.6) is 0 Å². The molecule has 1 N–H and O–H groups in total. The molecule has 3 aromatic rings. The van der Waals surface area contributed by atoms with Crippen molar-refractivity contribution >= 4 is 33.0 Å². The molecule has 1 heterocycles. The highest BCUT2D eigenvalue weighted by atomic mass is 35.5. The molecule has 4 rings (SSSR count). The molecule has 31 heavy (non-hydrogen) atoms. The van der Waals surface area contributed by atoms with Crippen molar-refractivity contribution in [2.75, 3.05) is 19.3 Å². The average molecular weight is 476 g/mol. The van der Waals surface area contributed by atoms with Crippen LogP contribution in [0.15, 0.2) is 78.9 Å². The third-order valence-electron chi connectivity index (χ3n) is 5.65. The van der Waals surface area contributed by atoms with Crippen LogP contribution in [-0.4, -0.2) is 43.4 Å². The molecule has 0 spiro atoms. The van der Waals surface area contributed by atoms with E-state index in [0.29, 0.717) is 15.6 Å². The van der Waals surface area contributed by atoms with Crippen LogP contribution < -0.4 is 0 Å². The summed E-state index contributed by atoms with van der Waals surface area (Å²) in [7, 11) is -3.64. The number of hydrogen-bond acceptors (Lipinski definition) is 4. The first-order valence-corrected chi connectivity index (χ1v) is 12.6. The van der Waals surface area contributed by atoms with Crippen molar-refractivity contribution in [3.05, 3.63) is 106 Å². The Balaban J connectivity index is 1.69. The number of halogens is 2. The maximum Gasteiger partial charge on any atom is 0.157 e. The van der Waals surface area contributed by atoms with Crippen molar-refractivity contribution in [2.45, 2.75) is 16.9 Å². The molecule has 1 saturated heterocycles. The van der Waals surface area contributed by atoms with E-state index in [4.69, 9.17) is 23.2 Å². The molecule has 0 saturated carbocycles. The van der Waals surface area contributed by atoms with Gasteiger partial charge in [0, 0.05) is 29.4 Å². The molecule has 3 aromatic carbocycles. The summed E-state index contributed by atoms with van der Waals surface area (Å²) < 4.78 is 25.5. The Bertz CT molecular complexity index is 1100. The van der Waals surface area contributed by atoms with E-state index in [-0.39, 0.29) is 19.1 Å². The van der Waals surface area contributed by atoms with Crippen LogP contribution in [-0.2, 0) is 9.84 Å². The maximum absolute atomic E-state index is 12.7. The van der Waals surface area contributed by atoms with E-state index >= 15 is 0 Å². The molecule has 1 aliphatic rings. The van der Waals surface area contributed by atoms with Crippen LogP contribution in [0.4, 0.5) is 0 Å². The SMILES string of the molecule is CS(=O)(=O)C(c1cc(Cl)cc(Cl)c1)C1(O)CN(C(c2ccccc2)c2ccccc2)C1. The monoisotopic (exact) mass is 475 g/mol. The lowest BCUT2D eigenvalue weighted by atomic mass is 9.83. The lowest BCUT2D eigenvalue weighted by Crippen LogP contribution is -2.66. The van der Waals surface area contributed by atoms with E-state index in [2.05, 4.69) is 4.90 Å². The van der Waals surface area contributed by atoms with Gasteiger partial charge in [-0.15, -0.1) is 0 Å². The molecular formula is C24H23Cl2NO3S. The molecule has 0 amide bonds. The fourth-order valence-electron chi connectivity index (χ4n) is 4.57. The number of rotatable bonds is 6. The van der Waals surface area contributed by atoms with Gasteiger partial charge in [-0.1, -0.05) is 83.9 Å². The topological polar surface area (TPSA) is 57.6 Å². The maximum atomic E-state index is 12.7. The number of benzene rings is 3. The van der Waals surface area contributed by atoms with Gasteiger partial charge >= 0.3 is 0 Å². The summed E-state index contributed by atoms with van der Waals surface area (Å²) in [6, 6.07) is 24.6. The molecule has 4 nitrogen and oxygen atoms in total. The molecule has 7 heteroatoms. The second-order valence-electron chi connectivity index (χ2n) is 8.14. The smallest absolute Gasteiger partial charge is 0.157 e. The van der Waals surface area contributed by atoms with Gasteiger partial charge in [0.05, 0.1) is 6.04 Å². The van der Waals surface area contributed by atoms with Crippen molar-refractivity contribution in [2.24, 2.45) is 0 Å². The molecule has 0 aromatic heterocycles. The van der Waals surface area contributed by atoms with Gasteiger partial charge in [0.25, 0.3) is 0 Å². The zero-order chi connectivity index (χ0) is 22.2. The standard InChI is InChI=1S/C24H23Cl2NO3S/c1-31(29,30)23(19-12-20(25)14-21(26)13-19)24(28)15-27(16-24)22(17-8-4-2-5-9-17)18-10-6-3-7-11-18/h2-14,22-23,28H,15-16H2,1H3. The number of hydrogen-bond donors (Lipinski definition) is 1. The summed E-state index contributed by atoms with van der Waals surface area (Å²) in [4.78, 5) is 2.09. The largest absolute Gasteiger partial charge is 0.385 e. The van der Waals surface area contributed by atoms with Crippen molar-refractivity contribution in [1.82, 2.24) is 4.90 Å². The summed E-state index contributed by atoms with van der Waals surface area (Å²) in [6.45, 7) is 0.395. The molecule has 1 fully saturated rings. The van der Waals surface area contributed by atoms with E-state index in [1.54, 1.807) is 18.2 Å². The van der Waals surface area contributed by atoms with Crippen LogP contribution in [0.25, 0.3) is 0 Å². The molecule has 1 atom stereocenters. The number of nitrogens with zero attached hydrogens (tertiary/aromatic N) is 1. The van der Waals surface area contributed by atoms with Crippen LogP contribution in [0.3, 0.4) is 0 Å². The first-order chi connectivity index (χ1) is 14.7. The van der Waals surface area contributed by atoms with E-state index in [9.17, 15) is 13.5 Å². The summed E-state index contributed by atoms with van der Waals surface area (Å²) in [5.41, 5.74) is 1.11. The van der Waals surface area contributed by atoms with Gasteiger partial charge in [-0.2, -0.15) is 0 Å².